The summed E-state index contributed by atoms with van der Waals surface area (Å²) in [5.41, 5.74) is 1.89. The molecule has 0 bridgehead atoms. The van der Waals surface area contributed by atoms with Gasteiger partial charge in [-0.15, -0.1) is 0 Å². The van der Waals surface area contributed by atoms with E-state index in [1.165, 1.54) is 0 Å². The molecule has 2 rings (SSSR count). The minimum absolute atomic E-state index is 0.0469. The van der Waals surface area contributed by atoms with Crippen LogP contribution in [0.5, 0.6) is 0 Å². The molecule has 0 aromatic heterocycles. The maximum Gasteiger partial charge on any atom is 0.312 e. The number of carbonyl (C=O) groups is 2. The summed E-state index contributed by atoms with van der Waals surface area (Å²) in [6.45, 7) is 7.10. The topological polar surface area (TPSA) is 57.6 Å². The number of carbonyl (C=O) groups excluding carboxylic acids is 1. The Balaban J connectivity index is 2.14. The molecule has 1 atom stereocenters. The highest BCUT2D eigenvalue weighted by molar-refractivity contribution is 5.81. The molecule has 4 heteroatoms. The average molecular weight is 289 g/mol. The van der Waals surface area contributed by atoms with Gasteiger partial charge < -0.3 is 10.0 Å². The van der Waals surface area contributed by atoms with Crippen LogP contribution in [-0.4, -0.2) is 28.4 Å². The van der Waals surface area contributed by atoms with Gasteiger partial charge in [0.25, 0.3) is 0 Å². The summed E-state index contributed by atoms with van der Waals surface area (Å²) in [6, 6.07) is 7.51. The number of amides is 1. The summed E-state index contributed by atoms with van der Waals surface area (Å²) in [5, 5.41) is 9.41. The van der Waals surface area contributed by atoms with Gasteiger partial charge in [-0.05, 0) is 23.0 Å². The van der Waals surface area contributed by atoms with E-state index in [1.807, 2.05) is 24.3 Å². The van der Waals surface area contributed by atoms with Gasteiger partial charge in [-0.3, -0.25) is 9.59 Å². The van der Waals surface area contributed by atoms with Crippen molar-refractivity contribution in [3.63, 3.8) is 0 Å². The van der Waals surface area contributed by atoms with Crippen LogP contribution < -0.4 is 0 Å². The third-order valence-electron chi connectivity index (χ3n) is 3.93. The van der Waals surface area contributed by atoms with E-state index in [2.05, 4.69) is 20.8 Å². The fraction of sp³-hybridized carbons (Fsp3) is 0.529. The molecule has 0 saturated heterocycles. The molecule has 1 N–H and O–H groups in total. The highest BCUT2D eigenvalue weighted by atomic mass is 16.4. The lowest BCUT2D eigenvalue weighted by Crippen LogP contribution is -2.40. The average Bonchev–Trinajstić information content (AvgIpc) is 2.42. The molecule has 0 saturated carbocycles. The van der Waals surface area contributed by atoms with Crippen molar-refractivity contribution < 1.29 is 14.7 Å². The first-order valence-electron chi connectivity index (χ1n) is 7.36. The fourth-order valence-corrected chi connectivity index (χ4v) is 2.65. The van der Waals surface area contributed by atoms with Crippen molar-refractivity contribution in [2.45, 2.75) is 46.1 Å². The predicted molar refractivity (Wildman–Crippen MR) is 80.9 cm³/mol. The van der Waals surface area contributed by atoms with Crippen molar-refractivity contribution in [3.05, 3.63) is 35.4 Å². The van der Waals surface area contributed by atoms with Crippen LogP contribution in [0.25, 0.3) is 0 Å². The van der Waals surface area contributed by atoms with Gasteiger partial charge in [0.1, 0.15) is 0 Å². The maximum atomic E-state index is 12.4. The first-order valence-corrected chi connectivity index (χ1v) is 7.36. The van der Waals surface area contributed by atoms with E-state index in [1.54, 1.807) is 4.90 Å². The van der Waals surface area contributed by atoms with Crippen LogP contribution in [-0.2, 0) is 16.1 Å². The number of nitrogens with zero attached hydrogens (tertiary/aromatic N) is 1. The zero-order valence-corrected chi connectivity index (χ0v) is 12.9. The number of carboxylic acids is 1. The zero-order chi connectivity index (χ0) is 15.6. The minimum atomic E-state index is -0.865. The lowest BCUT2D eigenvalue weighted by atomic mass is 9.88. The van der Waals surface area contributed by atoms with Crippen molar-refractivity contribution in [2.75, 3.05) is 6.54 Å². The SMILES string of the molecule is CC(C)(C)CCC(=O)N1Cc2ccccc2C(C(=O)O)C1. The van der Waals surface area contributed by atoms with Gasteiger partial charge in [0.15, 0.2) is 0 Å². The lowest BCUT2D eigenvalue weighted by Gasteiger charge is -2.33. The van der Waals surface area contributed by atoms with Crippen molar-refractivity contribution in [1.29, 1.82) is 0 Å². The van der Waals surface area contributed by atoms with E-state index in [4.69, 9.17) is 0 Å². The van der Waals surface area contributed by atoms with E-state index in [-0.39, 0.29) is 17.9 Å². The monoisotopic (exact) mass is 289 g/mol. The molecule has 4 nitrogen and oxygen atoms in total. The van der Waals surface area contributed by atoms with Crippen LogP contribution in [0.2, 0.25) is 0 Å². The van der Waals surface area contributed by atoms with E-state index in [0.29, 0.717) is 13.0 Å². The molecule has 114 valence electrons. The van der Waals surface area contributed by atoms with Gasteiger partial charge in [-0.2, -0.15) is 0 Å². The number of hydrogen-bond acceptors (Lipinski definition) is 2. The number of rotatable bonds is 3. The molecule has 0 spiro atoms. The van der Waals surface area contributed by atoms with Crippen molar-refractivity contribution >= 4 is 11.9 Å². The van der Waals surface area contributed by atoms with Gasteiger partial charge in [-0.1, -0.05) is 45.0 Å². The molecule has 1 heterocycles. The molecule has 1 aromatic carbocycles. The van der Waals surface area contributed by atoms with Crippen LogP contribution >= 0.6 is 0 Å². The van der Waals surface area contributed by atoms with Gasteiger partial charge in [0, 0.05) is 19.5 Å². The van der Waals surface area contributed by atoms with Crippen LogP contribution in [0.4, 0.5) is 0 Å². The van der Waals surface area contributed by atoms with Crippen LogP contribution in [0, 0.1) is 5.41 Å². The fourth-order valence-electron chi connectivity index (χ4n) is 2.65. The first kappa shape index (κ1) is 15.5. The van der Waals surface area contributed by atoms with Gasteiger partial charge >= 0.3 is 5.97 Å². The van der Waals surface area contributed by atoms with Gasteiger partial charge in [-0.25, -0.2) is 0 Å². The molecule has 1 aliphatic rings. The van der Waals surface area contributed by atoms with Crippen molar-refractivity contribution in [2.24, 2.45) is 5.41 Å². The first-order chi connectivity index (χ1) is 9.78. The van der Waals surface area contributed by atoms with E-state index >= 15 is 0 Å². The van der Waals surface area contributed by atoms with Gasteiger partial charge in [0.2, 0.25) is 5.91 Å². The molecular weight excluding hydrogens is 266 g/mol. The lowest BCUT2D eigenvalue weighted by molar-refractivity contribution is -0.141. The third kappa shape index (κ3) is 3.84. The molecule has 1 unspecified atom stereocenters. The number of fused-ring (bicyclic) bond motifs is 1. The summed E-state index contributed by atoms with van der Waals surface area (Å²) >= 11 is 0. The Bertz CT molecular complexity index is 545. The maximum absolute atomic E-state index is 12.4. The summed E-state index contributed by atoms with van der Waals surface area (Å²) in [7, 11) is 0. The third-order valence-corrected chi connectivity index (χ3v) is 3.93. The quantitative estimate of drug-likeness (QED) is 0.930. The molecule has 0 aliphatic carbocycles. The summed E-state index contributed by atoms with van der Waals surface area (Å²) < 4.78 is 0. The van der Waals surface area contributed by atoms with Crippen LogP contribution in [0.15, 0.2) is 24.3 Å². The minimum Gasteiger partial charge on any atom is -0.481 e. The zero-order valence-electron chi connectivity index (χ0n) is 12.9. The summed E-state index contributed by atoms with van der Waals surface area (Å²) in [5.74, 6) is -1.44. The van der Waals surface area contributed by atoms with Gasteiger partial charge in [0.05, 0.1) is 5.92 Å². The number of carboxylic acid groups (broad SMARTS) is 1. The van der Waals surface area contributed by atoms with Crippen LogP contribution in [0.1, 0.15) is 50.7 Å². The largest absolute Gasteiger partial charge is 0.481 e. The van der Waals surface area contributed by atoms with Crippen molar-refractivity contribution in [3.8, 4) is 0 Å². The summed E-state index contributed by atoms with van der Waals surface area (Å²) in [6.07, 6.45) is 1.28. The Morgan fingerprint density at radius 3 is 2.57 bits per heavy atom. The second-order valence-electron chi connectivity index (χ2n) is 6.92. The molecule has 0 fully saturated rings. The Morgan fingerprint density at radius 2 is 1.95 bits per heavy atom. The van der Waals surface area contributed by atoms with E-state index in [0.717, 1.165) is 17.5 Å². The smallest absolute Gasteiger partial charge is 0.312 e. The summed E-state index contributed by atoms with van der Waals surface area (Å²) in [4.78, 5) is 25.5. The Morgan fingerprint density at radius 1 is 1.29 bits per heavy atom. The second-order valence-corrected chi connectivity index (χ2v) is 6.92. The number of aliphatic carboxylic acids is 1. The molecule has 21 heavy (non-hydrogen) atoms. The highest BCUT2D eigenvalue weighted by Crippen LogP contribution is 2.29. The molecule has 0 radical (unpaired) electrons. The predicted octanol–water partition coefficient (Wildman–Crippen LogP) is 3.02. The van der Waals surface area contributed by atoms with E-state index in [9.17, 15) is 14.7 Å². The molecular formula is C17H23NO3. The Hall–Kier alpha value is -1.84. The molecule has 1 aliphatic heterocycles. The Labute approximate surface area is 125 Å². The molecule has 1 aromatic rings. The number of hydrogen-bond donors (Lipinski definition) is 1. The van der Waals surface area contributed by atoms with Crippen LogP contribution in [0.3, 0.4) is 0 Å². The normalized spacial score (nSPS) is 18.2. The second kappa shape index (κ2) is 5.88. The standard InChI is InChI=1S/C17H23NO3/c1-17(2,3)9-8-15(19)18-10-12-6-4-5-7-13(12)14(11-18)16(20)21/h4-7,14H,8-11H2,1-3H3,(H,20,21). The van der Waals surface area contributed by atoms with E-state index < -0.39 is 11.9 Å². The molecule has 1 amide bonds. The van der Waals surface area contributed by atoms with Crippen molar-refractivity contribution in [1.82, 2.24) is 4.90 Å². The Kier molecular flexibility index (Phi) is 4.35. The number of benzene rings is 1. The highest BCUT2D eigenvalue weighted by Gasteiger charge is 2.32.